The van der Waals surface area contributed by atoms with Gasteiger partial charge in [0, 0.05) is 32.0 Å². The van der Waals surface area contributed by atoms with Gasteiger partial charge in [0.2, 0.25) is 5.91 Å². The van der Waals surface area contributed by atoms with Gasteiger partial charge in [0.15, 0.2) is 0 Å². The van der Waals surface area contributed by atoms with E-state index < -0.39 is 0 Å². The second-order valence-corrected chi connectivity index (χ2v) is 4.27. The van der Waals surface area contributed by atoms with Gasteiger partial charge in [-0.1, -0.05) is 0 Å². The van der Waals surface area contributed by atoms with E-state index in [2.05, 4.69) is 15.7 Å². The molecule has 1 aromatic heterocycles. The third kappa shape index (κ3) is 5.59. The van der Waals surface area contributed by atoms with Gasteiger partial charge in [-0.25, -0.2) is 0 Å². The molecule has 1 aromatic rings. The molecule has 110 valence electrons. The van der Waals surface area contributed by atoms with Crippen molar-refractivity contribution < 1.29 is 9.53 Å². The summed E-state index contributed by atoms with van der Waals surface area (Å²) in [5.41, 5.74) is 2.11. The van der Waals surface area contributed by atoms with Crippen molar-refractivity contribution in [2.45, 2.75) is 19.9 Å². The summed E-state index contributed by atoms with van der Waals surface area (Å²) in [6, 6.07) is -0.0320. The van der Waals surface area contributed by atoms with Crippen molar-refractivity contribution in [3.05, 3.63) is 17.5 Å². The number of nitrogens with one attached hydrogen (secondary N) is 2. The first-order chi connectivity index (χ1) is 8.56. The van der Waals surface area contributed by atoms with Crippen molar-refractivity contribution in [1.82, 2.24) is 20.4 Å². The number of nitrogens with zero attached hydrogens (tertiary/aromatic N) is 2. The number of rotatable bonds is 7. The van der Waals surface area contributed by atoms with Crippen LogP contribution in [0.3, 0.4) is 0 Å². The zero-order valence-electron chi connectivity index (χ0n) is 11.9. The van der Waals surface area contributed by atoms with Crippen molar-refractivity contribution in [1.29, 1.82) is 0 Å². The number of methoxy groups -OCH3 is 1. The summed E-state index contributed by atoms with van der Waals surface area (Å²) in [6.45, 7) is 5.51. The van der Waals surface area contributed by atoms with Gasteiger partial charge in [-0.3, -0.25) is 9.48 Å². The van der Waals surface area contributed by atoms with Crippen LogP contribution in [0.2, 0.25) is 0 Å². The molecule has 2 N–H and O–H groups in total. The lowest BCUT2D eigenvalue weighted by Crippen LogP contribution is -2.36. The van der Waals surface area contributed by atoms with Crippen LogP contribution in [0.4, 0.5) is 0 Å². The van der Waals surface area contributed by atoms with Gasteiger partial charge in [0.25, 0.3) is 0 Å². The fourth-order valence-corrected chi connectivity index (χ4v) is 1.69. The van der Waals surface area contributed by atoms with Gasteiger partial charge in [0.05, 0.1) is 25.4 Å². The SMILES string of the molecule is COCCNCC(=O)NC(C)c1cnn(C)c1C.Cl. The zero-order valence-corrected chi connectivity index (χ0v) is 12.7. The highest BCUT2D eigenvalue weighted by molar-refractivity contribution is 5.85. The molecule has 0 aliphatic heterocycles. The molecule has 1 amide bonds. The Balaban J connectivity index is 0.00000324. The molecular formula is C12H23ClN4O2. The number of aromatic nitrogens is 2. The van der Waals surface area contributed by atoms with Crippen LogP contribution in [-0.4, -0.2) is 42.5 Å². The van der Waals surface area contributed by atoms with Gasteiger partial charge >= 0.3 is 0 Å². The molecular weight excluding hydrogens is 268 g/mol. The summed E-state index contributed by atoms with van der Waals surface area (Å²) in [6.07, 6.45) is 1.79. The molecule has 0 fully saturated rings. The van der Waals surface area contributed by atoms with Crippen molar-refractivity contribution in [3.63, 3.8) is 0 Å². The van der Waals surface area contributed by atoms with Crippen molar-refractivity contribution >= 4 is 18.3 Å². The molecule has 0 bridgehead atoms. The summed E-state index contributed by atoms with van der Waals surface area (Å²) in [5.74, 6) is -0.0261. The molecule has 0 saturated heterocycles. The zero-order chi connectivity index (χ0) is 13.5. The molecule has 0 aromatic carbocycles. The topological polar surface area (TPSA) is 68.2 Å². The summed E-state index contributed by atoms with van der Waals surface area (Å²) in [5, 5.41) is 10.1. The lowest BCUT2D eigenvalue weighted by atomic mass is 10.1. The van der Waals surface area contributed by atoms with E-state index in [1.807, 2.05) is 20.9 Å². The maximum absolute atomic E-state index is 11.7. The highest BCUT2D eigenvalue weighted by Crippen LogP contribution is 2.15. The minimum absolute atomic E-state index is 0. The number of hydrogen-bond donors (Lipinski definition) is 2. The average molecular weight is 291 g/mol. The van der Waals surface area contributed by atoms with Gasteiger partial charge < -0.3 is 15.4 Å². The molecule has 7 heteroatoms. The van der Waals surface area contributed by atoms with E-state index in [-0.39, 0.29) is 24.4 Å². The largest absolute Gasteiger partial charge is 0.383 e. The lowest BCUT2D eigenvalue weighted by molar-refractivity contribution is -0.120. The fourth-order valence-electron chi connectivity index (χ4n) is 1.69. The quantitative estimate of drug-likeness (QED) is 0.720. The average Bonchev–Trinajstić information content (AvgIpc) is 2.66. The standard InChI is InChI=1S/C12H22N4O2.ClH/c1-9(11-7-14-16(3)10(11)2)15-12(17)8-13-5-6-18-4;/h7,9,13H,5-6,8H2,1-4H3,(H,15,17);1H. The van der Waals surface area contributed by atoms with Gasteiger partial charge in [0.1, 0.15) is 0 Å². The van der Waals surface area contributed by atoms with Gasteiger partial charge in [-0.15, -0.1) is 12.4 Å². The van der Waals surface area contributed by atoms with E-state index in [1.165, 1.54) is 0 Å². The van der Waals surface area contributed by atoms with Crippen molar-refractivity contribution in [3.8, 4) is 0 Å². The second kappa shape index (κ2) is 8.90. The Bertz CT molecular complexity index is 395. The number of hydrogen-bond acceptors (Lipinski definition) is 4. The molecule has 1 atom stereocenters. The monoisotopic (exact) mass is 290 g/mol. The summed E-state index contributed by atoms with van der Waals surface area (Å²) < 4.78 is 6.69. The Labute approximate surface area is 120 Å². The number of carbonyl (C=O) groups excluding carboxylic acids is 1. The predicted octanol–water partition coefficient (Wildman–Crippen LogP) is 0.564. The van der Waals surface area contributed by atoms with E-state index in [4.69, 9.17) is 4.74 Å². The Morgan fingerprint density at radius 3 is 2.79 bits per heavy atom. The number of amides is 1. The Morgan fingerprint density at radius 1 is 1.58 bits per heavy atom. The summed E-state index contributed by atoms with van der Waals surface area (Å²) >= 11 is 0. The van der Waals surface area contributed by atoms with Crippen LogP contribution < -0.4 is 10.6 Å². The number of carbonyl (C=O) groups is 1. The minimum Gasteiger partial charge on any atom is -0.383 e. The van der Waals surface area contributed by atoms with Crippen LogP contribution >= 0.6 is 12.4 Å². The van der Waals surface area contributed by atoms with Gasteiger partial charge in [-0.05, 0) is 13.8 Å². The Hall–Kier alpha value is -1.11. The van der Waals surface area contributed by atoms with E-state index >= 15 is 0 Å². The van der Waals surface area contributed by atoms with E-state index in [1.54, 1.807) is 18.0 Å². The molecule has 0 spiro atoms. The second-order valence-electron chi connectivity index (χ2n) is 4.27. The Morgan fingerprint density at radius 2 is 2.26 bits per heavy atom. The first kappa shape index (κ1) is 17.9. The van der Waals surface area contributed by atoms with E-state index in [9.17, 15) is 4.79 Å². The first-order valence-electron chi connectivity index (χ1n) is 6.03. The molecule has 19 heavy (non-hydrogen) atoms. The van der Waals surface area contributed by atoms with Crippen LogP contribution in [0.1, 0.15) is 24.2 Å². The highest BCUT2D eigenvalue weighted by Gasteiger charge is 2.13. The third-order valence-corrected chi connectivity index (χ3v) is 2.89. The normalized spacial score (nSPS) is 11.8. The number of halogens is 1. The number of aryl methyl sites for hydroxylation is 1. The Kier molecular flexibility index (Phi) is 8.38. The van der Waals surface area contributed by atoms with Crippen LogP contribution in [-0.2, 0) is 16.6 Å². The van der Waals surface area contributed by atoms with Crippen LogP contribution in [0.15, 0.2) is 6.20 Å². The first-order valence-corrected chi connectivity index (χ1v) is 6.03. The van der Waals surface area contributed by atoms with Crippen LogP contribution in [0.25, 0.3) is 0 Å². The van der Waals surface area contributed by atoms with Crippen LogP contribution in [0.5, 0.6) is 0 Å². The fraction of sp³-hybridized carbons (Fsp3) is 0.667. The smallest absolute Gasteiger partial charge is 0.234 e. The molecule has 1 unspecified atom stereocenters. The maximum Gasteiger partial charge on any atom is 0.234 e. The predicted molar refractivity (Wildman–Crippen MR) is 76.5 cm³/mol. The maximum atomic E-state index is 11.7. The number of ether oxygens (including phenoxy) is 1. The summed E-state index contributed by atoms with van der Waals surface area (Å²) in [4.78, 5) is 11.7. The minimum atomic E-state index is -0.0320. The molecule has 0 saturated carbocycles. The molecule has 0 aliphatic rings. The van der Waals surface area contributed by atoms with Crippen LogP contribution in [0, 0.1) is 6.92 Å². The third-order valence-electron chi connectivity index (χ3n) is 2.89. The molecule has 0 radical (unpaired) electrons. The summed E-state index contributed by atoms with van der Waals surface area (Å²) in [7, 11) is 3.52. The van der Waals surface area contributed by atoms with Crippen molar-refractivity contribution in [2.24, 2.45) is 7.05 Å². The highest BCUT2D eigenvalue weighted by atomic mass is 35.5. The molecule has 1 heterocycles. The molecule has 1 rings (SSSR count). The van der Waals surface area contributed by atoms with E-state index in [0.29, 0.717) is 19.7 Å². The van der Waals surface area contributed by atoms with E-state index in [0.717, 1.165) is 11.3 Å². The van der Waals surface area contributed by atoms with Crippen molar-refractivity contribution in [2.75, 3.05) is 26.8 Å². The van der Waals surface area contributed by atoms with Gasteiger partial charge in [-0.2, -0.15) is 5.10 Å². The molecule has 6 nitrogen and oxygen atoms in total. The molecule has 0 aliphatic carbocycles. The lowest BCUT2D eigenvalue weighted by Gasteiger charge is -2.14.